The fourth-order valence-corrected chi connectivity index (χ4v) is 1.22. The first-order valence-electron chi connectivity index (χ1n) is 4.43. The first-order valence-corrected chi connectivity index (χ1v) is 4.43. The van der Waals surface area contributed by atoms with E-state index in [9.17, 15) is 5.11 Å². The van der Waals surface area contributed by atoms with Crippen molar-refractivity contribution in [1.82, 2.24) is 0 Å². The molecule has 1 atom stereocenters. The van der Waals surface area contributed by atoms with Gasteiger partial charge in [0.05, 0.1) is 6.10 Å². The molecule has 0 amide bonds. The molecule has 3 heteroatoms. The Labute approximate surface area is 83.6 Å². The van der Waals surface area contributed by atoms with Gasteiger partial charge >= 0.3 is 0 Å². The molecule has 1 N–H and O–H groups in total. The number of nitrogens with zero attached hydrogens (tertiary/aromatic N) is 1. The fraction of sp³-hybridized carbons (Fsp3) is 0.364. The van der Waals surface area contributed by atoms with E-state index in [0.29, 0.717) is 11.3 Å². The van der Waals surface area contributed by atoms with E-state index in [2.05, 4.69) is 0 Å². The van der Waals surface area contributed by atoms with Crippen LogP contribution in [0.3, 0.4) is 0 Å². The molecule has 0 aromatic heterocycles. The lowest BCUT2D eigenvalue weighted by Gasteiger charge is -2.12. The molecule has 1 rings (SSSR count). The van der Waals surface area contributed by atoms with Gasteiger partial charge in [-0.15, -0.1) is 0 Å². The standard InChI is InChI=1S/C11H13NO2/c1-8-3-4-10(9(2)13)11(7-8)14-6-5-12/h3-4,7,9,13H,6H2,1-2H3. The summed E-state index contributed by atoms with van der Waals surface area (Å²) in [5.41, 5.74) is 1.76. The van der Waals surface area contributed by atoms with Crippen LogP contribution in [0.25, 0.3) is 0 Å². The number of ether oxygens (including phenoxy) is 1. The molecular formula is C11H13NO2. The van der Waals surface area contributed by atoms with E-state index in [-0.39, 0.29) is 6.61 Å². The zero-order chi connectivity index (χ0) is 10.6. The summed E-state index contributed by atoms with van der Waals surface area (Å²) in [6.07, 6.45) is -0.579. The lowest BCUT2D eigenvalue weighted by Crippen LogP contribution is -2.00. The third kappa shape index (κ3) is 2.48. The van der Waals surface area contributed by atoms with Crippen LogP contribution in [0.5, 0.6) is 5.75 Å². The van der Waals surface area contributed by atoms with Crippen molar-refractivity contribution in [3.05, 3.63) is 29.3 Å². The van der Waals surface area contributed by atoms with Gasteiger partial charge < -0.3 is 9.84 Å². The number of rotatable bonds is 3. The number of nitriles is 1. The normalized spacial score (nSPS) is 11.9. The smallest absolute Gasteiger partial charge is 0.174 e. The highest BCUT2D eigenvalue weighted by molar-refractivity contribution is 5.38. The van der Waals surface area contributed by atoms with Crippen LogP contribution in [-0.4, -0.2) is 11.7 Å². The van der Waals surface area contributed by atoms with Crippen molar-refractivity contribution in [2.24, 2.45) is 0 Å². The van der Waals surface area contributed by atoms with E-state index in [0.717, 1.165) is 5.56 Å². The van der Waals surface area contributed by atoms with Crippen molar-refractivity contribution >= 4 is 0 Å². The van der Waals surface area contributed by atoms with Crippen LogP contribution in [0.2, 0.25) is 0 Å². The van der Waals surface area contributed by atoms with Gasteiger partial charge in [-0.2, -0.15) is 5.26 Å². The number of hydrogen-bond donors (Lipinski definition) is 1. The molecule has 0 aliphatic rings. The summed E-state index contributed by atoms with van der Waals surface area (Å²) in [6.45, 7) is 3.61. The van der Waals surface area contributed by atoms with Gasteiger partial charge in [0.2, 0.25) is 0 Å². The van der Waals surface area contributed by atoms with Crippen LogP contribution in [-0.2, 0) is 0 Å². The molecule has 0 heterocycles. The molecule has 0 aliphatic heterocycles. The number of aliphatic hydroxyl groups is 1. The summed E-state index contributed by atoms with van der Waals surface area (Å²) >= 11 is 0. The third-order valence-electron chi connectivity index (χ3n) is 1.91. The van der Waals surface area contributed by atoms with E-state index in [1.807, 2.05) is 31.2 Å². The van der Waals surface area contributed by atoms with Gasteiger partial charge in [0.25, 0.3) is 0 Å². The number of aliphatic hydroxyl groups excluding tert-OH is 1. The topological polar surface area (TPSA) is 53.2 Å². The van der Waals surface area contributed by atoms with Gasteiger partial charge in [0.15, 0.2) is 6.61 Å². The molecule has 0 saturated carbocycles. The molecule has 1 unspecified atom stereocenters. The lowest BCUT2D eigenvalue weighted by atomic mass is 10.1. The predicted octanol–water partition coefficient (Wildman–Crippen LogP) is 1.95. The van der Waals surface area contributed by atoms with Crippen LogP contribution in [0.15, 0.2) is 18.2 Å². The number of aryl methyl sites for hydroxylation is 1. The minimum atomic E-state index is -0.579. The van der Waals surface area contributed by atoms with Crippen molar-refractivity contribution in [1.29, 1.82) is 5.26 Å². The molecule has 1 aromatic carbocycles. The average molecular weight is 191 g/mol. The minimum absolute atomic E-state index is 0.00315. The highest BCUT2D eigenvalue weighted by Gasteiger charge is 2.08. The predicted molar refractivity (Wildman–Crippen MR) is 52.9 cm³/mol. The second-order valence-corrected chi connectivity index (χ2v) is 3.16. The Balaban J connectivity index is 2.98. The molecule has 0 fully saturated rings. The lowest BCUT2D eigenvalue weighted by molar-refractivity contribution is 0.193. The van der Waals surface area contributed by atoms with E-state index in [1.165, 1.54) is 0 Å². The molecule has 0 saturated heterocycles. The second-order valence-electron chi connectivity index (χ2n) is 3.16. The Morgan fingerprint density at radius 1 is 1.57 bits per heavy atom. The van der Waals surface area contributed by atoms with E-state index in [4.69, 9.17) is 10.00 Å². The van der Waals surface area contributed by atoms with Gasteiger partial charge in [0.1, 0.15) is 11.8 Å². The third-order valence-corrected chi connectivity index (χ3v) is 1.91. The zero-order valence-electron chi connectivity index (χ0n) is 8.32. The van der Waals surface area contributed by atoms with Crippen molar-refractivity contribution in [2.45, 2.75) is 20.0 Å². The molecular weight excluding hydrogens is 178 g/mol. The van der Waals surface area contributed by atoms with Crippen molar-refractivity contribution < 1.29 is 9.84 Å². The SMILES string of the molecule is Cc1ccc(C(C)O)c(OCC#N)c1. The van der Waals surface area contributed by atoms with Crippen molar-refractivity contribution in [2.75, 3.05) is 6.61 Å². The summed E-state index contributed by atoms with van der Waals surface area (Å²) in [7, 11) is 0. The van der Waals surface area contributed by atoms with Crippen molar-refractivity contribution in [3.8, 4) is 11.8 Å². The van der Waals surface area contributed by atoms with Crippen LogP contribution in [0.1, 0.15) is 24.2 Å². The summed E-state index contributed by atoms with van der Waals surface area (Å²) < 4.78 is 5.21. The fourth-order valence-electron chi connectivity index (χ4n) is 1.22. The van der Waals surface area contributed by atoms with E-state index < -0.39 is 6.10 Å². The first kappa shape index (κ1) is 10.6. The molecule has 14 heavy (non-hydrogen) atoms. The van der Waals surface area contributed by atoms with Gasteiger partial charge in [-0.25, -0.2) is 0 Å². The summed E-state index contributed by atoms with van der Waals surface area (Å²) in [5.74, 6) is 0.585. The summed E-state index contributed by atoms with van der Waals surface area (Å²) in [6, 6.07) is 7.43. The van der Waals surface area contributed by atoms with Crippen LogP contribution in [0.4, 0.5) is 0 Å². The van der Waals surface area contributed by atoms with Crippen LogP contribution in [0, 0.1) is 18.3 Å². The molecule has 3 nitrogen and oxygen atoms in total. The molecule has 1 aromatic rings. The monoisotopic (exact) mass is 191 g/mol. The maximum Gasteiger partial charge on any atom is 0.174 e. The average Bonchev–Trinajstić information content (AvgIpc) is 2.14. The summed E-state index contributed by atoms with van der Waals surface area (Å²) in [5, 5.41) is 17.8. The van der Waals surface area contributed by atoms with Crippen molar-refractivity contribution in [3.63, 3.8) is 0 Å². The number of benzene rings is 1. The van der Waals surface area contributed by atoms with E-state index in [1.54, 1.807) is 6.92 Å². The quantitative estimate of drug-likeness (QED) is 0.794. The van der Waals surface area contributed by atoms with Crippen LogP contribution >= 0.6 is 0 Å². The Bertz CT molecular complexity index is 353. The molecule has 0 spiro atoms. The van der Waals surface area contributed by atoms with Gasteiger partial charge in [-0.3, -0.25) is 0 Å². The largest absolute Gasteiger partial charge is 0.478 e. The van der Waals surface area contributed by atoms with Crippen LogP contribution < -0.4 is 4.74 Å². The van der Waals surface area contributed by atoms with E-state index >= 15 is 0 Å². The summed E-state index contributed by atoms with van der Waals surface area (Å²) in [4.78, 5) is 0. The number of hydrogen-bond acceptors (Lipinski definition) is 3. The van der Waals surface area contributed by atoms with Gasteiger partial charge in [0, 0.05) is 5.56 Å². The maximum atomic E-state index is 9.43. The Morgan fingerprint density at radius 3 is 2.86 bits per heavy atom. The van der Waals surface area contributed by atoms with Gasteiger partial charge in [-0.05, 0) is 25.5 Å². The minimum Gasteiger partial charge on any atom is -0.478 e. The molecule has 0 radical (unpaired) electrons. The molecule has 0 aliphatic carbocycles. The first-order chi connectivity index (χ1) is 6.65. The Morgan fingerprint density at radius 2 is 2.29 bits per heavy atom. The Hall–Kier alpha value is -1.53. The highest BCUT2D eigenvalue weighted by Crippen LogP contribution is 2.25. The van der Waals surface area contributed by atoms with Gasteiger partial charge in [-0.1, -0.05) is 12.1 Å². The maximum absolute atomic E-state index is 9.43. The zero-order valence-corrected chi connectivity index (χ0v) is 8.32. The second kappa shape index (κ2) is 4.64. The Kier molecular flexibility index (Phi) is 3.49. The molecule has 74 valence electrons. The molecule has 0 bridgehead atoms. The highest BCUT2D eigenvalue weighted by atomic mass is 16.5.